The largest absolute Gasteiger partial charge is 0.381 e. The monoisotopic (exact) mass is 346 g/mol. The molecule has 2 nitrogen and oxygen atoms in total. The highest BCUT2D eigenvalue weighted by molar-refractivity contribution is 6.44. The SMILES string of the molecule is Clc1cc(Cl)c(NC2CCCC2C2CCCCN2)cc1Cl. The van der Waals surface area contributed by atoms with Crippen molar-refractivity contribution in [2.75, 3.05) is 11.9 Å². The van der Waals surface area contributed by atoms with Crippen LogP contribution in [0.1, 0.15) is 38.5 Å². The average Bonchev–Trinajstić information content (AvgIpc) is 2.94. The van der Waals surface area contributed by atoms with Crippen LogP contribution < -0.4 is 10.6 Å². The van der Waals surface area contributed by atoms with Gasteiger partial charge in [-0.25, -0.2) is 0 Å². The molecule has 1 aromatic rings. The fourth-order valence-electron chi connectivity index (χ4n) is 3.73. The Kier molecular flexibility index (Phi) is 5.21. The van der Waals surface area contributed by atoms with Crippen LogP contribution in [-0.2, 0) is 0 Å². The highest BCUT2D eigenvalue weighted by Crippen LogP contribution is 2.37. The molecule has 21 heavy (non-hydrogen) atoms. The van der Waals surface area contributed by atoms with Gasteiger partial charge in [0.15, 0.2) is 0 Å². The molecule has 0 bridgehead atoms. The van der Waals surface area contributed by atoms with E-state index in [-0.39, 0.29) is 0 Å². The second-order valence-electron chi connectivity index (χ2n) is 6.15. The molecule has 1 heterocycles. The molecule has 5 heteroatoms. The molecule has 1 aromatic carbocycles. The predicted octanol–water partition coefficient (Wildman–Crippen LogP) is 5.37. The van der Waals surface area contributed by atoms with Gasteiger partial charge in [-0.15, -0.1) is 0 Å². The molecule has 1 saturated carbocycles. The number of piperidine rings is 1. The van der Waals surface area contributed by atoms with Crippen LogP contribution >= 0.6 is 34.8 Å². The summed E-state index contributed by atoms with van der Waals surface area (Å²) in [5.74, 6) is 0.677. The molecule has 2 N–H and O–H groups in total. The second-order valence-corrected chi connectivity index (χ2v) is 7.37. The van der Waals surface area contributed by atoms with Crippen LogP contribution in [0.25, 0.3) is 0 Å². The molecule has 0 spiro atoms. The van der Waals surface area contributed by atoms with E-state index in [1.807, 2.05) is 6.07 Å². The lowest BCUT2D eigenvalue weighted by Crippen LogP contribution is -2.44. The van der Waals surface area contributed by atoms with Gasteiger partial charge in [-0.2, -0.15) is 0 Å². The highest BCUT2D eigenvalue weighted by atomic mass is 35.5. The smallest absolute Gasteiger partial charge is 0.0653 e. The van der Waals surface area contributed by atoms with E-state index in [4.69, 9.17) is 34.8 Å². The number of benzene rings is 1. The lowest BCUT2D eigenvalue weighted by molar-refractivity contribution is 0.286. The maximum atomic E-state index is 6.29. The molecule has 3 unspecified atom stereocenters. The summed E-state index contributed by atoms with van der Waals surface area (Å²) in [5.41, 5.74) is 0.902. The fourth-order valence-corrected chi connectivity index (χ4v) is 4.33. The molecular weight excluding hydrogens is 327 g/mol. The Bertz CT molecular complexity index is 501. The number of rotatable bonds is 3. The summed E-state index contributed by atoms with van der Waals surface area (Å²) >= 11 is 18.4. The van der Waals surface area contributed by atoms with E-state index in [2.05, 4.69) is 10.6 Å². The van der Waals surface area contributed by atoms with Gasteiger partial charge < -0.3 is 10.6 Å². The molecule has 3 rings (SSSR count). The van der Waals surface area contributed by atoms with Crippen LogP contribution in [0.2, 0.25) is 15.1 Å². The van der Waals surface area contributed by atoms with E-state index >= 15 is 0 Å². The minimum Gasteiger partial charge on any atom is -0.381 e. The van der Waals surface area contributed by atoms with Gasteiger partial charge in [0.2, 0.25) is 0 Å². The molecule has 1 aliphatic heterocycles. The Balaban J connectivity index is 1.72. The van der Waals surface area contributed by atoms with E-state index in [1.54, 1.807) is 6.07 Å². The quantitative estimate of drug-likeness (QED) is 0.718. The third-order valence-electron chi connectivity index (χ3n) is 4.79. The summed E-state index contributed by atoms with van der Waals surface area (Å²) < 4.78 is 0. The number of hydrogen-bond donors (Lipinski definition) is 2. The van der Waals surface area contributed by atoms with Gasteiger partial charge in [-0.3, -0.25) is 0 Å². The zero-order valence-electron chi connectivity index (χ0n) is 12.0. The second kappa shape index (κ2) is 6.95. The topological polar surface area (TPSA) is 24.1 Å². The van der Waals surface area contributed by atoms with Gasteiger partial charge in [0.05, 0.1) is 20.8 Å². The molecule has 0 aromatic heterocycles. The van der Waals surface area contributed by atoms with E-state index in [0.717, 1.165) is 12.2 Å². The minimum atomic E-state index is 0.468. The predicted molar refractivity (Wildman–Crippen MR) is 91.9 cm³/mol. The van der Waals surface area contributed by atoms with Gasteiger partial charge >= 0.3 is 0 Å². The highest BCUT2D eigenvalue weighted by Gasteiger charge is 2.34. The Morgan fingerprint density at radius 3 is 2.48 bits per heavy atom. The van der Waals surface area contributed by atoms with Crippen molar-refractivity contribution in [1.29, 1.82) is 0 Å². The first-order valence-corrected chi connectivity index (χ1v) is 8.93. The van der Waals surface area contributed by atoms with E-state index < -0.39 is 0 Å². The van der Waals surface area contributed by atoms with Gasteiger partial charge in [-0.05, 0) is 50.3 Å². The molecule has 2 aliphatic rings. The minimum absolute atomic E-state index is 0.468. The van der Waals surface area contributed by atoms with Crippen LogP contribution in [0.3, 0.4) is 0 Å². The number of anilines is 1. The third kappa shape index (κ3) is 3.61. The van der Waals surface area contributed by atoms with Crippen molar-refractivity contribution in [2.24, 2.45) is 5.92 Å². The van der Waals surface area contributed by atoms with Crippen molar-refractivity contribution in [2.45, 2.75) is 50.6 Å². The fraction of sp³-hybridized carbons (Fsp3) is 0.625. The number of hydrogen-bond acceptors (Lipinski definition) is 2. The van der Waals surface area contributed by atoms with Gasteiger partial charge in [0.25, 0.3) is 0 Å². The van der Waals surface area contributed by atoms with Crippen LogP contribution in [0.4, 0.5) is 5.69 Å². The lowest BCUT2D eigenvalue weighted by atomic mass is 9.88. The van der Waals surface area contributed by atoms with Crippen molar-refractivity contribution in [3.8, 4) is 0 Å². The van der Waals surface area contributed by atoms with Crippen LogP contribution in [0, 0.1) is 5.92 Å². The van der Waals surface area contributed by atoms with Crippen molar-refractivity contribution in [3.63, 3.8) is 0 Å². The zero-order chi connectivity index (χ0) is 14.8. The molecule has 0 radical (unpaired) electrons. The summed E-state index contributed by atoms with van der Waals surface area (Å²) in [6.07, 6.45) is 7.69. The van der Waals surface area contributed by atoms with E-state index in [0.29, 0.717) is 33.1 Å². The molecule has 1 aliphatic carbocycles. The Morgan fingerprint density at radius 1 is 0.905 bits per heavy atom. The molecular formula is C16H21Cl3N2. The van der Waals surface area contributed by atoms with Crippen molar-refractivity contribution in [1.82, 2.24) is 5.32 Å². The first-order chi connectivity index (χ1) is 10.1. The van der Waals surface area contributed by atoms with Crippen LogP contribution in [0.15, 0.2) is 12.1 Å². The van der Waals surface area contributed by atoms with Gasteiger partial charge in [0.1, 0.15) is 0 Å². The number of nitrogens with one attached hydrogen (secondary N) is 2. The van der Waals surface area contributed by atoms with E-state index in [9.17, 15) is 0 Å². The summed E-state index contributed by atoms with van der Waals surface area (Å²) in [5, 5.41) is 9.00. The zero-order valence-corrected chi connectivity index (χ0v) is 14.2. The molecule has 116 valence electrons. The summed E-state index contributed by atoms with van der Waals surface area (Å²) in [6.45, 7) is 1.15. The van der Waals surface area contributed by atoms with Crippen LogP contribution in [-0.4, -0.2) is 18.6 Å². The van der Waals surface area contributed by atoms with Crippen LogP contribution in [0.5, 0.6) is 0 Å². The first-order valence-electron chi connectivity index (χ1n) is 7.79. The third-order valence-corrected chi connectivity index (χ3v) is 5.82. The Morgan fingerprint density at radius 2 is 1.71 bits per heavy atom. The molecule has 2 fully saturated rings. The van der Waals surface area contributed by atoms with Crippen molar-refractivity contribution >= 4 is 40.5 Å². The molecule has 0 amide bonds. The summed E-state index contributed by atoms with van der Waals surface area (Å²) in [6, 6.07) is 4.67. The lowest BCUT2D eigenvalue weighted by Gasteiger charge is -2.33. The number of halogens is 3. The standard InChI is InChI=1S/C16H21Cl3N2/c17-11-8-13(19)16(9-12(11)18)21-15-6-3-4-10(15)14-5-1-2-7-20-14/h8-10,14-15,20-21H,1-7H2. The van der Waals surface area contributed by atoms with Crippen molar-refractivity contribution < 1.29 is 0 Å². The first kappa shape index (κ1) is 15.7. The average molecular weight is 348 g/mol. The maximum Gasteiger partial charge on any atom is 0.0653 e. The van der Waals surface area contributed by atoms with Gasteiger partial charge in [-0.1, -0.05) is 47.6 Å². The summed E-state index contributed by atoms with van der Waals surface area (Å²) in [4.78, 5) is 0. The molecule has 1 saturated heterocycles. The summed E-state index contributed by atoms with van der Waals surface area (Å²) in [7, 11) is 0. The maximum absolute atomic E-state index is 6.29. The molecule has 3 atom stereocenters. The van der Waals surface area contributed by atoms with Crippen molar-refractivity contribution in [3.05, 3.63) is 27.2 Å². The van der Waals surface area contributed by atoms with Gasteiger partial charge in [0, 0.05) is 12.1 Å². The van der Waals surface area contributed by atoms with E-state index in [1.165, 1.54) is 38.5 Å². The normalized spacial score (nSPS) is 29.6. The Labute approximate surface area is 141 Å². The Hall–Kier alpha value is -0.150.